The summed E-state index contributed by atoms with van der Waals surface area (Å²) in [5.41, 5.74) is 12.6. The van der Waals surface area contributed by atoms with Crippen LogP contribution in [0.2, 0.25) is 0 Å². The highest BCUT2D eigenvalue weighted by atomic mass is 16.4. The molecule has 2 unspecified atom stereocenters. The smallest absolute Gasteiger partial charge is 0.320 e. The maximum atomic E-state index is 10.6. The lowest BCUT2D eigenvalue weighted by atomic mass is 10.1. The van der Waals surface area contributed by atoms with E-state index in [1.165, 1.54) is 0 Å². The van der Waals surface area contributed by atoms with Crippen LogP contribution in [0, 0.1) is 5.92 Å². The van der Waals surface area contributed by atoms with Gasteiger partial charge in [0.15, 0.2) is 0 Å². The number of hydrogen-bond donors (Lipinski definition) is 7. The quantitative estimate of drug-likeness (QED) is 0.346. The summed E-state index contributed by atoms with van der Waals surface area (Å²) in [6, 6.07) is 5.93. The molecule has 172 valence electrons. The molecule has 1 fully saturated rings. The topological polar surface area (TPSA) is 192 Å². The summed E-state index contributed by atoms with van der Waals surface area (Å²) in [7, 11) is 0. The highest BCUT2D eigenvalue weighted by Gasteiger charge is 2.20. The predicted molar refractivity (Wildman–Crippen MR) is 117 cm³/mol. The van der Waals surface area contributed by atoms with Crippen molar-refractivity contribution in [1.29, 1.82) is 0 Å². The van der Waals surface area contributed by atoms with Gasteiger partial charge < -0.3 is 37.1 Å². The fourth-order valence-electron chi connectivity index (χ4n) is 2.81. The van der Waals surface area contributed by atoms with E-state index in [1.54, 1.807) is 13.8 Å². The molecule has 1 aromatic heterocycles. The van der Waals surface area contributed by atoms with E-state index in [0.29, 0.717) is 6.42 Å². The second-order valence-corrected chi connectivity index (χ2v) is 7.60. The van der Waals surface area contributed by atoms with Gasteiger partial charge in [0.05, 0.1) is 0 Å². The highest BCUT2D eigenvalue weighted by molar-refractivity contribution is 5.84. The van der Waals surface area contributed by atoms with Gasteiger partial charge in [-0.25, -0.2) is 0 Å². The van der Waals surface area contributed by atoms with Crippen LogP contribution in [-0.2, 0) is 20.8 Å². The molecule has 2 heterocycles. The third-order valence-corrected chi connectivity index (χ3v) is 4.79. The van der Waals surface area contributed by atoms with Crippen LogP contribution in [0.15, 0.2) is 30.5 Å². The first-order chi connectivity index (χ1) is 14.5. The van der Waals surface area contributed by atoms with E-state index in [-0.39, 0.29) is 12.0 Å². The van der Waals surface area contributed by atoms with Crippen LogP contribution >= 0.6 is 0 Å². The van der Waals surface area contributed by atoms with Gasteiger partial charge in [-0.05, 0) is 36.9 Å². The average molecular weight is 437 g/mol. The number of nitrogens with one attached hydrogen (secondary N) is 2. The number of H-pyrrole nitrogens is 1. The number of carboxylic acids is 3. The van der Waals surface area contributed by atoms with Crippen LogP contribution in [0.25, 0.3) is 10.9 Å². The number of fused-ring (bicyclic) bond motifs is 1. The Bertz CT molecular complexity index is 848. The van der Waals surface area contributed by atoms with Gasteiger partial charge in [0.25, 0.3) is 0 Å². The Morgan fingerprint density at radius 3 is 2.16 bits per heavy atom. The monoisotopic (exact) mass is 436 g/mol. The molecule has 10 heteroatoms. The number of aliphatic carboxylic acids is 3. The van der Waals surface area contributed by atoms with E-state index < -0.39 is 30.0 Å². The van der Waals surface area contributed by atoms with Crippen molar-refractivity contribution in [1.82, 2.24) is 10.3 Å². The van der Waals surface area contributed by atoms with Crippen molar-refractivity contribution >= 4 is 28.8 Å². The van der Waals surface area contributed by atoms with E-state index in [0.717, 1.165) is 35.9 Å². The van der Waals surface area contributed by atoms with Gasteiger partial charge in [-0.15, -0.1) is 0 Å². The molecule has 0 saturated carbocycles. The van der Waals surface area contributed by atoms with Gasteiger partial charge >= 0.3 is 17.9 Å². The first-order valence-electron chi connectivity index (χ1n) is 10.0. The molecule has 10 nitrogen and oxygen atoms in total. The largest absolute Gasteiger partial charge is 0.480 e. The van der Waals surface area contributed by atoms with Crippen molar-refractivity contribution in [2.45, 2.75) is 51.2 Å². The normalized spacial score (nSPS) is 17.1. The fourth-order valence-corrected chi connectivity index (χ4v) is 2.81. The lowest BCUT2D eigenvalue weighted by Gasteiger charge is -2.07. The van der Waals surface area contributed by atoms with Crippen molar-refractivity contribution < 1.29 is 29.7 Å². The molecule has 9 N–H and O–H groups in total. The van der Waals surface area contributed by atoms with E-state index in [9.17, 15) is 14.4 Å². The Morgan fingerprint density at radius 1 is 1.10 bits per heavy atom. The molecule has 31 heavy (non-hydrogen) atoms. The van der Waals surface area contributed by atoms with Crippen LogP contribution in [-0.4, -0.2) is 62.9 Å². The molecule has 2 aromatic rings. The number of hydrogen-bond acceptors (Lipinski definition) is 6. The van der Waals surface area contributed by atoms with E-state index in [1.807, 2.05) is 30.5 Å². The first kappa shape index (κ1) is 26.1. The van der Waals surface area contributed by atoms with E-state index in [4.69, 9.17) is 26.8 Å². The van der Waals surface area contributed by atoms with Crippen molar-refractivity contribution in [2.24, 2.45) is 17.4 Å². The van der Waals surface area contributed by atoms with Crippen molar-refractivity contribution in [3.63, 3.8) is 0 Å². The number of rotatable bonds is 6. The Kier molecular flexibility index (Phi) is 10.7. The molecule has 0 radical (unpaired) electrons. The molecule has 0 bridgehead atoms. The predicted octanol–water partition coefficient (Wildman–Crippen LogP) is 1.000. The Balaban J connectivity index is 0.000000256. The van der Waals surface area contributed by atoms with E-state index >= 15 is 0 Å². The molecule has 1 saturated heterocycles. The fraction of sp³-hybridized carbons (Fsp3) is 0.476. The number of aromatic amines is 1. The molecular formula is C21H32N4O6. The standard InChI is InChI=1S/C11H12N2O2.C5H9NO2.C5H11NO2/c12-9(11(14)15)5-7-6-13-10-4-2-1-3-8(7)10;7-5(8)4-2-1-3-6-4;1-3(2)4(6)5(7)8/h1-4,6,9,13H,5,12H2,(H,14,15);4,6H,1-3H2,(H,7,8);3-4H,6H2,1-2H3,(H,7,8)/t;4-;/m.0./s1. The van der Waals surface area contributed by atoms with Gasteiger partial charge in [0, 0.05) is 23.5 Å². The molecule has 1 aliphatic rings. The summed E-state index contributed by atoms with van der Waals surface area (Å²) in [6.45, 7) is 4.41. The molecule has 1 aromatic carbocycles. The minimum absolute atomic E-state index is 0.0208. The number of para-hydroxylation sites is 1. The minimum atomic E-state index is -0.972. The molecule has 3 rings (SSSR count). The van der Waals surface area contributed by atoms with Crippen LogP contribution in [0.4, 0.5) is 0 Å². The number of nitrogens with two attached hydrogens (primary N) is 2. The number of benzene rings is 1. The maximum absolute atomic E-state index is 10.6. The van der Waals surface area contributed by atoms with Gasteiger partial charge in [-0.1, -0.05) is 32.0 Å². The molecule has 0 aliphatic carbocycles. The second kappa shape index (κ2) is 12.7. The van der Waals surface area contributed by atoms with Crippen molar-refractivity contribution in [3.05, 3.63) is 36.0 Å². The summed E-state index contributed by atoms with van der Waals surface area (Å²) < 4.78 is 0. The van der Waals surface area contributed by atoms with Gasteiger partial charge in [0.2, 0.25) is 0 Å². The number of aromatic nitrogens is 1. The van der Waals surface area contributed by atoms with Gasteiger partial charge in [0.1, 0.15) is 18.1 Å². The van der Waals surface area contributed by atoms with Crippen molar-refractivity contribution in [3.8, 4) is 0 Å². The van der Waals surface area contributed by atoms with Crippen LogP contribution < -0.4 is 16.8 Å². The Labute approximate surface area is 180 Å². The Morgan fingerprint density at radius 2 is 1.74 bits per heavy atom. The highest BCUT2D eigenvalue weighted by Crippen LogP contribution is 2.18. The van der Waals surface area contributed by atoms with Gasteiger partial charge in [-0.3, -0.25) is 14.4 Å². The summed E-state index contributed by atoms with van der Waals surface area (Å²) in [5, 5.41) is 29.2. The molecule has 0 spiro atoms. The molecular weight excluding hydrogens is 404 g/mol. The SMILES string of the molecule is CC(C)C(N)C(=O)O.NC(Cc1c[nH]c2ccccc12)C(=O)O.O=C(O)[C@@H]1CCCN1. The third kappa shape index (κ3) is 8.75. The zero-order valence-corrected chi connectivity index (χ0v) is 17.7. The summed E-state index contributed by atoms with van der Waals surface area (Å²) >= 11 is 0. The molecule has 3 atom stereocenters. The maximum Gasteiger partial charge on any atom is 0.320 e. The first-order valence-corrected chi connectivity index (χ1v) is 10.0. The zero-order chi connectivity index (χ0) is 23.6. The van der Waals surface area contributed by atoms with Gasteiger partial charge in [-0.2, -0.15) is 0 Å². The van der Waals surface area contributed by atoms with E-state index in [2.05, 4.69) is 10.3 Å². The molecule has 0 amide bonds. The lowest BCUT2D eigenvalue weighted by molar-refractivity contribution is -0.140. The Hall–Kier alpha value is -2.95. The van der Waals surface area contributed by atoms with Crippen LogP contribution in [0.5, 0.6) is 0 Å². The van der Waals surface area contributed by atoms with Crippen molar-refractivity contribution in [2.75, 3.05) is 6.54 Å². The summed E-state index contributed by atoms with van der Waals surface area (Å²) in [4.78, 5) is 33.9. The second-order valence-electron chi connectivity index (χ2n) is 7.60. The average Bonchev–Trinajstić information content (AvgIpc) is 3.39. The zero-order valence-electron chi connectivity index (χ0n) is 17.7. The summed E-state index contributed by atoms with van der Waals surface area (Å²) in [5.74, 6) is -2.60. The summed E-state index contributed by atoms with van der Waals surface area (Å²) in [6.07, 6.45) is 3.94. The lowest BCUT2D eigenvalue weighted by Crippen LogP contribution is -2.34. The number of carboxylic acid groups (broad SMARTS) is 3. The van der Waals surface area contributed by atoms with Crippen LogP contribution in [0.3, 0.4) is 0 Å². The van der Waals surface area contributed by atoms with Crippen LogP contribution in [0.1, 0.15) is 32.3 Å². The minimum Gasteiger partial charge on any atom is -0.480 e. The molecule has 1 aliphatic heterocycles. The number of carbonyl (C=O) groups is 3. The third-order valence-electron chi connectivity index (χ3n) is 4.79.